The highest BCUT2D eigenvalue weighted by molar-refractivity contribution is 5.27. The van der Waals surface area contributed by atoms with Crippen LogP contribution >= 0.6 is 0 Å². The summed E-state index contributed by atoms with van der Waals surface area (Å²) in [4.78, 5) is 0. The van der Waals surface area contributed by atoms with Gasteiger partial charge in [-0.05, 0) is 20.8 Å². The molecule has 0 aromatic heterocycles. The maximum absolute atomic E-state index is 6.28. The second-order valence-corrected chi connectivity index (χ2v) is 5.08. The van der Waals surface area contributed by atoms with Crippen molar-refractivity contribution < 1.29 is 4.74 Å². The van der Waals surface area contributed by atoms with Crippen LogP contribution in [0.5, 0.6) is 0 Å². The zero-order valence-electron chi connectivity index (χ0n) is 10.2. The largest absolute Gasteiger partial charge is 0.350 e. The van der Waals surface area contributed by atoms with Gasteiger partial charge >= 0.3 is 0 Å². The topological polar surface area (TPSA) is 47.3 Å². The molecular formula is C13H20N2O. The third-order valence-electron chi connectivity index (χ3n) is 3.10. The molecule has 1 fully saturated rings. The van der Waals surface area contributed by atoms with Crippen molar-refractivity contribution in [1.29, 1.82) is 0 Å². The number of nitrogens with one attached hydrogen (secondary N) is 1. The van der Waals surface area contributed by atoms with Gasteiger partial charge in [0.2, 0.25) is 0 Å². The van der Waals surface area contributed by atoms with Crippen molar-refractivity contribution >= 4 is 0 Å². The fourth-order valence-electron chi connectivity index (χ4n) is 2.27. The van der Waals surface area contributed by atoms with Crippen molar-refractivity contribution in [2.45, 2.75) is 38.1 Å². The van der Waals surface area contributed by atoms with E-state index in [0.717, 1.165) is 12.1 Å². The van der Waals surface area contributed by atoms with Crippen LogP contribution in [0, 0.1) is 0 Å². The first-order valence-corrected chi connectivity index (χ1v) is 5.73. The quantitative estimate of drug-likeness (QED) is 0.795. The van der Waals surface area contributed by atoms with Gasteiger partial charge in [-0.2, -0.15) is 0 Å². The predicted molar refractivity (Wildman–Crippen MR) is 64.9 cm³/mol. The standard InChI is InChI=1S/C13H20N2O/c1-10-9-15-13(16-10,12(2,3)14)11-7-5-4-6-8-11/h4-8,10,15H,9,14H2,1-3H3/t10-,13+/m0/s1. The van der Waals surface area contributed by atoms with Crippen molar-refractivity contribution in [3.63, 3.8) is 0 Å². The molecular weight excluding hydrogens is 200 g/mol. The molecule has 1 aromatic rings. The second-order valence-electron chi connectivity index (χ2n) is 5.08. The zero-order valence-corrected chi connectivity index (χ0v) is 10.2. The van der Waals surface area contributed by atoms with Crippen molar-refractivity contribution in [2.24, 2.45) is 5.73 Å². The third-order valence-corrected chi connectivity index (χ3v) is 3.10. The van der Waals surface area contributed by atoms with E-state index in [1.54, 1.807) is 0 Å². The first-order valence-electron chi connectivity index (χ1n) is 5.73. The summed E-state index contributed by atoms with van der Waals surface area (Å²) < 4.78 is 6.06. The fraction of sp³-hybridized carbons (Fsp3) is 0.538. The van der Waals surface area contributed by atoms with Crippen molar-refractivity contribution in [3.8, 4) is 0 Å². The van der Waals surface area contributed by atoms with E-state index in [-0.39, 0.29) is 6.10 Å². The van der Waals surface area contributed by atoms with Crippen LogP contribution in [0.3, 0.4) is 0 Å². The van der Waals surface area contributed by atoms with Gasteiger partial charge in [-0.1, -0.05) is 30.3 Å². The molecule has 1 heterocycles. The van der Waals surface area contributed by atoms with Crippen LogP contribution in [0.15, 0.2) is 30.3 Å². The monoisotopic (exact) mass is 220 g/mol. The van der Waals surface area contributed by atoms with Gasteiger partial charge in [0, 0.05) is 12.1 Å². The third kappa shape index (κ3) is 1.75. The van der Waals surface area contributed by atoms with Crippen LogP contribution in [0.25, 0.3) is 0 Å². The Morgan fingerprint density at radius 3 is 2.44 bits per heavy atom. The summed E-state index contributed by atoms with van der Waals surface area (Å²) in [6, 6.07) is 10.1. The van der Waals surface area contributed by atoms with E-state index < -0.39 is 11.3 Å². The van der Waals surface area contributed by atoms with Gasteiger partial charge in [0.15, 0.2) is 5.72 Å². The summed E-state index contributed by atoms with van der Waals surface area (Å²) in [5, 5.41) is 3.43. The Bertz CT molecular complexity index is 358. The van der Waals surface area contributed by atoms with Gasteiger partial charge in [0.05, 0.1) is 11.6 Å². The minimum Gasteiger partial charge on any atom is -0.350 e. The summed E-state index contributed by atoms with van der Waals surface area (Å²) >= 11 is 0. The molecule has 1 saturated heterocycles. The van der Waals surface area contributed by atoms with Gasteiger partial charge in [0.1, 0.15) is 0 Å². The summed E-state index contributed by atoms with van der Waals surface area (Å²) in [6.07, 6.45) is 0.183. The Labute approximate surface area is 97.0 Å². The van der Waals surface area contributed by atoms with Gasteiger partial charge in [-0.25, -0.2) is 0 Å². The minimum absolute atomic E-state index is 0.183. The second kappa shape index (κ2) is 3.84. The number of rotatable bonds is 2. The molecule has 0 aliphatic carbocycles. The highest BCUT2D eigenvalue weighted by atomic mass is 16.5. The van der Waals surface area contributed by atoms with Gasteiger partial charge in [-0.3, -0.25) is 5.32 Å². The van der Waals surface area contributed by atoms with Gasteiger partial charge in [-0.15, -0.1) is 0 Å². The number of nitrogens with two attached hydrogens (primary N) is 1. The molecule has 2 rings (SSSR count). The van der Waals surface area contributed by atoms with Crippen LogP contribution in [-0.2, 0) is 10.5 Å². The summed E-state index contributed by atoms with van der Waals surface area (Å²) in [6.45, 7) is 6.87. The molecule has 0 radical (unpaired) electrons. The molecule has 0 amide bonds. The summed E-state index contributed by atoms with van der Waals surface area (Å²) in [7, 11) is 0. The average molecular weight is 220 g/mol. The first kappa shape index (κ1) is 11.6. The fourth-order valence-corrected chi connectivity index (χ4v) is 2.27. The van der Waals surface area contributed by atoms with E-state index in [9.17, 15) is 0 Å². The Hall–Kier alpha value is -0.900. The number of hydrogen-bond acceptors (Lipinski definition) is 3. The molecule has 1 aromatic carbocycles. The molecule has 2 atom stereocenters. The molecule has 0 saturated carbocycles. The lowest BCUT2D eigenvalue weighted by atomic mass is 9.85. The average Bonchev–Trinajstić information content (AvgIpc) is 2.62. The van der Waals surface area contributed by atoms with Gasteiger partial charge in [0.25, 0.3) is 0 Å². The van der Waals surface area contributed by atoms with E-state index in [0.29, 0.717) is 0 Å². The Kier molecular flexibility index (Phi) is 2.78. The van der Waals surface area contributed by atoms with E-state index in [1.165, 1.54) is 0 Å². The molecule has 3 N–H and O–H groups in total. The van der Waals surface area contributed by atoms with Crippen molar-refractivity contribution in [2.75, 3.05) is 6.54 Å². The molecule has 1 aliphatic rings. The lowest BCUT2D eigenvalue weighted by molar-refractivity contribution is -0.0936. The Balaban J connectivity index is 2.45. The molecule has 0 unspecified atom stereocenters. The highest BCUT2D eigenvalue weighted by Crippen LogP contribution is 2.36. The number of benzene rings is 1. The lowest BCUT2D eigenvalue weighted by Crippen LogP contribution is -2.60. The van der Waals surface area contributed by atoms with E-state index in [2.05, 4.69) is 24.4 Å². The maximum atomic E-state index is 6.28. The molecule has 3 heteroatoms. The number of ether oxygens (including phenoxy) is 1. The van der Waals surface area contributed by atoms with E-state index >= 15 is 0 Å². The molecule has 88 valence electrons. The molecule has 16 heavy (non-hydrogen) atoms. The van der Waals surface area contributed by atoms with Crippen LogP contribution in [0.2, 0.25) is 0 Å². The van der Waals surface area contributed by atoms with Crippen LogP contribution in [0.1, 0.15) is 26.3 Å². The lowest BCUT2D eigenvalue weighted by Gasteiger charge is -2.41. The highest BCUT2D eigenvalue weighted by Gasteiger charge is 2.49. The van der Waals surface area contributed by atoms with E-state index in [1.807, 2.05) is 32.0 Å². The molecule has 1 aliphatic heterocycles. The Morgan fingerprint density at radius 2 is 2.00 bits per heavy atom. The van der Waals surface area contributed by atoms with Crippen LogP contribution in [0.4, 0.5) is 0 Å². The minimum atomic E-state index is -0.576. The Morgan fingerprint density at radius 1 is 1.38 bits per heavy atom. The molecule has 0 bridgehead atoms. The van der Waals surface area contributed by atoms with E-state index in [4.69, 9.17) is 10.5 Å². The maximum Gasteiger partial charge on any atom is 0.163 e. The molecule has 0 spiro atoms. The molecule has 3 nitrogen and oxygen atoms in total. The smallest absolute Gasteiger partial charge is 0.163 e. The van der Waals surface area contributed by atoms with Crippen molar-refractivity contribution in [1.82, 2.24) is 5.32 Å². The normalized spacial score (nSPS) is 30.6. The van der Waals surface area contributed by atoms with Gasteiger partial charge < -0.3 is 10.5 Å². The number of hydrogen-bond donors (Lipinski definition) is 2. The first-order chi connectivity index (χ1) is 7.46. The predicted octanol–water partition coefficient (Wildman–Crippen LogP) is 1.58. The van der Waals surface area contributed by atoms with Crippen molar-refractivity contribution in [3.05, 3.63) is 35.9 Å². The van der Waals surface area contributed by atoms with Crippen LogP contribution in [-0.4, -0.2) is 18.2 Å². The SMILES string of the molecule is C[C@H]1CN[C@@](c2ccccc2)(C(C)(C)N)O1. The van der Waals surface area contributed by atoms with Crippen LogP contribution < -0.4 is 11.1 Å². The summed E-state index contributed by atoms with van der Waals surface area (Å²) in [5.41, 5.74) is 6.32. The zero-order chi connectivity index (χ0) is 11.8. The summed E-state index contributed by atoms with van der Waals surface area (Å²) in [5.74, 6) is 0.